The van der Waals surface area contributed by atoms with Gasteiger partial charge in [-0.2, -0.15) is 8.42 Å². The third kappa shape index (κ3) is 11.9. The SMILES string of the molecule is CCCCCCCCC[C@H](C)OS(=O)(=O)O. The maximum Gasteiger partial charge on any atom is 0.397 e. The molecule has 0 bridgehead atoms. The fourth-order valence-electron chi connectivity index (χ4n) is 1.64. The van der Waals surface area contributed by atoms with Crippen LogP contribution < -0.4 is 0 Å². The minimum absolute atomic E-state index is 0.425. The van der Waals surface area contributed by atoms with E-state index >= 15 is 0 Å². The molecule has 4 nitrogen and oxygen atoms in total. The third-order valence-electron chi connectivity index (χ3n) is 2.50. The zero-order valence-corrected chi connectivity index (χ0v) is 11.1. The first-order valence-corrected chi connectivity index (χ1v) is 7.48. The van der Waals surface area contributed by atoms with Gasteiger partial charge in [0, 0.05) is 0 Å². The molecule has 0 aliphatic rings. The molecule has 5 heteroatoms. The molecule has 16 heavy (non-hydrogen) atoms. The summed E-state index contributed by atoms with van der Waals surface area (Å²) in [6.07, 6.45) is 8.57. The minimum Gasteiger partial charge on any atom is -0.264 e. The molecular weight excluding hydrogens is 228 g/mol. The molecule has 0 unspecified atom stereocenters. The Morgan fingerprint density at radius 2 is 1.56 bits per heavy atom. The lowest BCUT2D eigenvalue weighted by Gasteiger charge is -2.09. The summed E-state index contributed by atoms with van der Waals surface area (Å²) in [7, 11) is -4.28. The largest absolute Gasteiger partial charge is 0.397 e. The van der Waals surface area contributed by atoms with Gasteiger partial charge in [0.25, 0.3) is 0 Å². The summed E-state index contributed by atoms with van der Waals surface area (Å²) >= 11 is 0. The predicted octanol–water partition coefficient (Wildman–Crippen LogP) is 3.34. The van der Waals surface area contributed by atoms with Crippen LogP contribution in [-0.2, 0) is 14.6 Å². The Balaban J connectivity index is 3.31. The molecule has 0 spiro atoms. The normalized spacial score (nSPS) is 13.9. The molecule has 0 fully saturated rings. The van der Waals surface area contributed by atoms with Gasteiger partial charge in [-0.25, -0.2) is 4.18 Å². The highest BCUT2D eigenvalue weighted by molar-refractivity contribution is 7.80. The Hall–Kier alpha value is -0.130. The molecule has 0 aromatic rings. The molecular formula is C11H24O4S. The Bertz CT molecular complexity index is 249. The van der Waals surface area contributed by atoms with Crippen molar-refractivity contribution in [2.75, 3.05) is 0 Å². The predicted molar refractivity (Wildman–Crippen MR) is 64.7 cm³/mol. The maximum absolute atomic E-state index is 10.4. The van der Waals surface area contributed by atoms with E-state index in [1.54, 1.807) is 6.92 Å². The van der Waals surface area contributed by atoms with Crippen molar-refractivity contribution in [2.45, 2.75) is 71.3 Å². The molecule has 1 N–H and O–H groups in total. The fourth-order valence-corrected chi connectivity index (χ4v) is 2.16. The average Bonchev–Trinajstić information content (AvgIpc) is 2.13. The van der Waals surface area contributed by atoms with E-state index in [4.69, 9.17) is 4.55 Å². The van der Waals surface area contributed by atoms with Crippen LogP contribution in [0.3, 0.4) is 0 Å². The van der Waals surface area contributed by atoms with Crippen LogP contribution in [0.5, 0.6) is 0 Å². The molecule has 0 aliphatic carbocycles. The Morgan fingerprint density at radius 3 is 2.06 bits per heavy atom. The van der Waals surface area contributed by atoms with Crippen LogP contribution >= 0.6 is 0 Å². The zero-order valence-electron chi connectivity index (χ0n) is 10.3. The van der Waals surface area contributed by atoms with Crippen molar-refractivity contribution in [3.8, 4) is 0 Å². The molecule has 0 rings (SSSR count). The van der Waals surface area contributed by atoms with Crippen molar-refractivity contribution >= 4 is 10.4 Å². The molecule has 98 valence electrons. The molecule has 0 amide bonds. The first kappa shape index (κ1) is 15.9. The van der Waals surface area contributed by atoms with E-state index in [-0.39, 0.29) is 0 Å². The van der Waals surface area contributed by atoms with Crippen molar-refractivity contribution in [1.29, 1.82) is 0 Å². The van der Waals surface area contributed by atoms with Gasteiger partial charge in [-0.15, -0.1) is 0 Å². The summed E-state index contributed by atoms with van der Waals surface area (Å²) in [5.74, 6) is 0. The van der Waals surface area contributed by atoms with Crippen LogP contribution in [0.1, 0.15) is 65.2 Å². The van der Waals surface area contributed by atoms with E-state index in [0.29, 0.717) is 6.42 Å². The molecule has 0 aliphatic heterocycles. The second-order valence-electron chi connectivity index (χ2n) is 4.24. The third-order valence-corrected chi connectivity index (χ3v) is 3.07. The van der Waals surface area contributed by atoms with Crippen LogP contribution in [0, 0.1) is 0 Å². The van der Waals surface area contributed by atoms with Crippen molar-refractivity contribution in [3.63, 3.8) is 0 Å². The van der Waals surface area contributed by atoms with E-state index in [2.05, 4.69) is 11.1 Å². The number of rotatable bonds is 10. The van der Waals surface area contributed by atoms with Gasteiger partial charge in [0.15, 0.2) is 0 Å². The molecule has 0 heterocycles. The van der Waals surface area contributed by atoms with E-state index in [1.165, 1.54) is 32.1 Å². The van der Waals surface area contributed by atoms with Gasteiger partial charge < -0.3 is 0 Å². The second kappa shape index (κ2) is 8.96. The molecule has 0 saturated carbocycles. The first-order chi connectivity index (χ1) is 7.45. The van der Waals surface area contributed by atoms with Crippen molar-refractivity contribution in [3.05, 3.63) is 0 Å². The second-order valence-corrected chi connectivity index (χ2v) is 5.29. The van der Waals surface area contributed by atoms with Gasteiger partial charge in [-0.05, 0) is 13.3 Å². The van der Waals surface area contributed by atoms with Crippen LogP contribution in [-0.4, -0.2) is 19.1 Å². The van der Waals surface area contributed by atoms with E-state index in [1.807, 2.05) is 0 Å². The highest BCUT2D eigenvalue weighted by atomic mass is 32.3. The van der Waals surface area contributed by atoms with Crippen molar-refractivity contribution in [1.82, 2.24) is 0 Å². The van der Waals surface area contributed by atoms with Crippen LogP contribution in [0.4, 0.5) is 0 Å². The van der Waals surface area contributed by atoms with E-state index < -0.39 is 16.5 Å². The lowest BCUT2D eigenvalue weighted by molar-refractivity contribution is 0.185. The summed E-state index contributed by atoms with van der Waals surface area (Å²) in [6.45, 7) is 3.85. The van der Waals surface area contributed by atoms with Gasteiger partial charge in [0.05, 0.1) is 6.10 Å². The van der Waals surface area contributed by atoms with Crippen molar-refractivity contribution in [2.24, 2.45) is 0 Å². The van der Waals surface area contributed by atoms with Gasteiger partial charge >= 0.3 is 10.4 Å². The van der Waals surface area contributed by atoms with Crippen LogP contribution in [0.25, 0.3) is 0 Å². The summed E-state index contributed by atoms with van der Waals surface area (Å²) in [5.41, 5.74) is 0. The molecule has 1 atom stereocenters. The smallest absolute Gasteiger partial charge is 0.264 e. The standard InChI is InChI=1S/C11H24O4S/c1-3-4-5-6-7-8-9-10-11(2)15-16(12,13)14/h11H,3-10H2,1-2H3,(H,12,13,14)/t11-/m0/s1. The topological polar surface area (TPSA) is 63.6 Å². The zero-order chi connectivity index (χ0) is 12.4. The van der Waals surface area contributed by atoms with Gasteiger partial charge in [-0.3, -0.25) is 4.55 Å². The summed E-state index contributed by atoms with van der Waals surface area (Å²) in [6, 6.07) is 0. The van der Waals surface area contributed by atoms with Crippen LogP contribution in [0.2, 0.25) is 0 Å². The average molecular weight is 252 g/mol. The van der Waals surface area contributed by atoms with Crippen LogP contribution in [0.15, 0.2) is 0 Å². The first-order valence-electron chi connectivity index (χ1n) is 6.11. The lowest BCUT2D eigenvalue weighted by Crippen LogP contribution is -2.14. The van der Waals surface area contributed by atoms with E-state index in [9.17, 15) is 8.42 Å². The van der Waals surface area contributed by atoms with Gasteiger partial charge in [0.2, 0.25) is 0 Å². The molecule has 0 aromatic heterocycles. The fraction of sp³-hybridized carbons (Fsp3) is 1.00. The van der Waals surface area contributed by atoms with E-state index in [0.717, 1.165) is 12.8 Å². The highest BCUT2D eigenvalue weighted by Gasteiger charge is 2.11. The summed E-state index contributed by atoms with van der Waals surface area (Å²) in [5, 5.41) is 0. The summed E-state index contributed by atoms with van der Waals surface area (Å²) in [4.78, 5) is 0. The van der Waals surface area contributed by atoms with Gasteiger partial charge in [-0.1, -0.05) is 51.9 Å². The Kier molecular flexibility index (Phi) is 8.89. The van der Waals surface area contributed by atoms with Crippen molar-refractivity contribution < 1.29 is 17.2 Å². The quantitative estimate of drug-likeness (QED) is 0.478. The lowest BCUT2D eigenvalue weighted by atomic mass is 10.1. The molecule has 0 aromatic carbocycles. The Labute approximate surface area is 99.3 Å². The Morgan fingerprint density at radius 1 is 1.06 bits per heavy atom. The monoisotopic (exact) mass is 252 g/mol. The molecule has 0 saturated heterocycles. The molecule has 0 radical (unpaired) electrons. The number of unbranched alkanes of at least 4 members (excludes halogenated alkanes) is 6. The minimum atomic E-state index is -4.28. The number of hydrogen-bond acceptors (Lipinski definition) is 3. The van der Waals surface area contributed by atoms with Gasteiger partial charge in [0.1, 0.15) is 0 Å². The summed E-state index contributed by atoms with van der Waals surface area (Å²) < 4.78 is 33.6. The maximum atomic E-state index is 10.4. The number of hydrogen-bond donors (Lipinski definition) is 1. The highest BCUT2D eigenvalue weighted by Crippen LogP contribution is 2.11.